The third-order valence-corrected chi connectivity index (χ3v) is 29.5. The molecule has 0 radical (unpaired) electrons. The van der Waals surface area contributed by atoms with Gasteiger partial charge in [0.15, 0.2) is 65.1 Å². The Balaban J connectivity index is 0.000000216. The van der Waals surface area contributed by atoms with Crippen molar-refractivity contribution in [3.63, 3.8) is 0 Å². The van der Waals surface area contributed by atoms with Crippen LogP contribution in [0.2, 0.25) is 66.1 Å². The van der Waals surface area contributed by atoms with Crippen molar-refractivity contribution < 1.29 is 88.1 Å². The lowest BCUT2D eigenvalue weighted by molar-refractivity contribution is 0.101. The van der Waals surface area contributed by atoms with E-state index in [0.29, 0.717) is 78.5 Å². The van der Waals surface area contributed by atoms with Crippen LogP contribution in [0, 0.1) is 53.2 Å². The van der Waals surface area contributed by atoms with Gasteiger partial charge in [0.25, 0.3) is 95.6 Å². The van der Waals surface area contributed by atoms with Crippen molar-refractivity contribution in [2.45, 2.75) is 41.5 Å². The van der Waals surface area contributed by atoms with E-state index in [1.165, 1.54) is 24.3 Å². The summed E-state index contributed by atoms with van der Waals surface area (Å²) in [5.41, 5.74) is 4.79. The van der Waals surface area contributed by atoms with Crippen LogP contribution in [0.25, 0.3) is 0 Å². The van der Waals surface area contributed by atoms with Crippen LogP contribution in [-0.2, 0) is 60.1 Å². The van der Waals surface area contributed by atoms with Gasteiger partial charge < -0.3 is 31.9 Å². The Bertz CT molecular complexity index is 6310. The summed E-state index contributed by atoms with van der Waals surface area (Å²) in [6.45, 7) is 10.8. The Morgan fingerprint density at radius 3 is 0.568 bits per heavy atom. The monoisotopic (exact) mass is 2390 g/mol. The summed E-state index contributed by atoms with van der Waals surface area (Å²) >= 11 is 85.6. The highest BCUT2D eigenvalue weighted by Crippen LogP contribution is 2.37. The van der Waals surface area contributed by atoms with Gasteiger partial charge in [-0.25, -0.2) is 59.3 Å². The summed E-state index contributed by atoms with van der Waals surface area (Å²) in [6, 6.07) is 28.7. The first-order chi connectivity index (χ1) is 60.6. The number of carbonyl (C=O) groups excluding carboxylic acids is 6. The molecule has 36 nitrogen and oxygen atoms in total. The Morgan fingerprint density at radius 1 is 0.258 bits per heavy atom. The molecule has 0 unspecified atom stereocenters. The zero-order valence-electron chi connectivity index (χ0n) is 68.4. The molecular formula is C72H60Br3Cl13F2N18O18S6. The van der Waals surface area contributed by atoms with Gasteiger partial charge in [0.1, 0.15) is 26.7 Å². The fourth-order valence-corrected chi connectivity index (χ4v) is 20.0. The van der Waals surface area contributed by atoms with E-state index < -0.39 is 118 Å². The lowest BCUT2D eigenvalue weighted by Crippen LogP contribution is -2.17. The van der Waals surface area contributed by atoms with Crippen LogP contribution in [0.4, 0.5) is 42.9 Å². The van der Waals surface area contributed by atoms with E-state index in [2.05, 4.69) is 110 Å². The highest BCUT2D eigenvalue weighted by molar-refractivity contribution is 9.11. The predicted molar refractivity (Wildman–Crippen MR) is 518 cm³/mol. The van der Waals surface area contributed by atoms with Crippen LogP contribution in [-0.4, -0.2) is 179 Å². The summed E-state index contributed by atoms with van der Waals surface area (Å²) < 4.78 is 169. The second-order valence-electron chi connectivity index (χ2n) is 27.0. The molecule has 6 aromatic carbocycles. The van der Waals surface area contributed by atoms with Gasteiger partial charge in [0.05, 0.1) is 105 Å². The maximum absolute atomic E-state index is 13.7. The van der Waals surface area contributed by atoms with Gasteiger partial charge in [-0.3, -0.25) is 28.8 Å². The van der Waals surface area contributed by atoms with Gasteiger partial charge in [-0.15, -0.1) is 55.1 Å². The third kappa shape index (κ3) is 28.7. The number of benzene rings is 6. The van der Waals surface area contributed by atoms with E-state index in [-0.39, 0.29) is 94.1 Å². The number of aryl methyl sites for hydroxylation is 6. The molecule has 0 aliphatic rings. The number of hydrogen-bond donors (Lipinski definition) is 6. The smallest absolute Gasteiger partial charge is 0.277 e. The fourth-order valence-electron chi connectivity index (χ4n) is 9.77. The zero-order valence-corrected chi connectivity index (χ0v) is 87.8. The molecule has 0 bridgehead atoms. The summed E-state index contributed by atoms with van der Waals surface area (Å²) in [7, 11) is -22.6. The first kappa shape index (κ1) is 111. The second kappa shape index (κ2) is 45.0. The molecule has 0 saturated carbocycles. The highest BCUT2D eigenvalue weighted by Gasteiger charge is 2.32. The van der Waals surface area contributed by atoms with Gasteiger partial charge in [-0.2, -0.15) is 0 Å². The van der Waals surface area contributed by atoms with Gasteiger partial charge in [0, 0.05) is 0 Å². The van der Waals surface area contributed by atoms with E-state index in [1.54, 1.807) is 98.8 Å². The van der Waals surface area contributed by atoms with Crippen LogP contribution in [0.15, 0.2) is 123 Å². The van der Waals surface area contributed by atoms with Crippen LogP contribution in [0.5, 0.6) is 0 Å². The summed E-state index contributed by atoms with van der Waals surface area (Å²) in [4.78, 5) is 73.0. The Kier molecular flexibility index (Phi) is 37.9. The van der Waals surface area contributed by atoms with Crippen LogP contribution in [0.3, 0.4) is 0 Å². The first-order valence-electron chi connectivity index (χ1n) is 35.0. The predicted octanol–water partition coefficient (Wildman–Crippen LogP) is 18.6. The fraction of sp³-hybridized carbons (Fsp3) is 0.167. The average Bonchev–Trinajstić information content (AvgIpc) is 1.67. The molecule has 708 valence electrons. The van der Waals surface area contributed by atoms with E-state index >= 15 is 0 Å². The molecular weight excluding hydrogens is 2340 g/mol. The molecule has 60 heteroatoms. The molecule has 0 fully saturated rings. The molecule has 0 aliphatic carbocycles. The van der Waals surface area contributed by atoms with Gasteiger partial charge in [-0.05, 0) is 196 Å². The quantitative estimate of drug-likeness (QED) is 0.0464. The molecule has 6 N–H and O–H groups in total. The number of carbonyl (C=O) groups is 6. The lowest BCUT2D eigenvalue weighted by atomic mass is 10.2. The van der Waals surface area contributed by atoms with Gasteiger partial charge in [0.2, 0.25) is 0 Å². The van der Waals surface area contributed by atoms with E-state index in [4.69, 9.17) is 151 Å². The third-order valence-electron chi connectivity index (χ3n) is 15.9. The van der Waals surface area contributed by atoms with Crippen molar-refractivity contribution in [2.75, 3.05) is 69.4 Å². The van der Waals surface area contributed by atoms with Crippen molar-refractivity contribution in [3.8, 4) is 0 Å². The molecule has 6 heterocycles. The minimum Gasteiger partial charge on any atom is -0.319 e. The Hall–Kier alpha value is -7.83. The number of rotatable bonds is 18. The molecule has 0 atom stereocenters. The maximum Gasteiger partial charge on any atom is 0.277 e. The molecule has 6 amide bonds. The van der Waals surface area contributed by atoms with Crippen molar-refractivity contribution in [1.82, 2.24) is 55.1 Å². The number of nitrogens with zero attached hydrogens (tertiary/aromatic N) is 12. The molecule has 12 rings (SSSR count). The summed E-state index contributed by atoms with van der Waals surface area (Å²) in [5, 5.41) is 35.3. The molecule has 132 heavy (non-hydrogen) atoms. The molecule has 6 aromatic heterocycles. The average molecular weight is 2400 g/mol. The summed E-state index contributed by atoms with van der Waals surface area (Å²) in [6.07, 6.45) is 5.37. The van der Waals surface area contributed by atoms with Crippen LogP contribution in [0.1, 0.15) is 96.3 Å². The number of hydrogen-bond acceptors (Lipinski definition) is 24. The molecule has 0 spiro atoms. The number of amides is 6. The maximum atomic E-state index is 13.7. The number of aromatic nitrogens is 12. The van der Waals surface area contributed by atoms with E-state index in [0.717, 1.165) is 59.8 Å². The molecule has 0 aliphatic heterocycles. The standard InChI is InChI=1S/2C12H10BrCl2N3O3S.C12H10BrClFN3O3S.2C12H10Cl3N3O3S.C12H10Cl2FN3O3S/c2*1-6-3-4-8(7(14)5-6)16-12(19)10-9(13)11(15)18(17-10)22(2,20)21;1-6-3-4-8(7(15)5-6)16-12(19)10-9(13)11(14)18(17-10)22(2,20)21;2*1-6-3-4-8(7(13)5-6)16-12(19)10-9(14)11(15)18(17-10)22(2,20)21;1-6-3-4-8(7(15)5-6)16-12(19)10-9(13)11(14)18(17-10)22(2,20)21/h6*3-5H,1-2H3,(H,16,19). The van der Waals surface area contributed by atoms with Crippen molar-refractivity contribution in [1.29, 1.82) is 0 Å². The minimum absolute atomic E-state index is 0.00427. The first-order valence-corrected chi connectivity index (χ1v) is 53.4. The second-order valence-corrected chi connectivity index (χ2v) is 45.1. The number of anilines is 6. The van der Waals surface area contributed by atoms with Crippen molar-refractivity contribution in [2.24, 2.45) is 0 Å². The number of halogens is 18. The highest BCUT2D eigenvalue weighted by atomic mass is 79.9. The molecule has 0 saturated heterocycles. The van der Waals surface area contributed by atoms with Gasteiger partial charge >= 0.3 is 0 Å². The van der Waals surface area contributed by atoms with Crippen molar-refractivity contribution in [3.05, 3.63) is 268 Å². The Labute approximate surface area is 841 Å². The SMILES string of the molecule is Cc1ccc(NC(=O)c2nn(S(C)(=O)=O)c(Cl)c2Br)c(Cl)c1.Cc1ccc(NC(=O)c2nn(S(C)(=O)=O)c(Cl)c2Br)c(Cl)c1.Cc1ccc(NC(=O)c2nn(S(C)(=O)=O)c(Cl)c2Br)c(F)c1.Cc1ccc(NC(=O)c2nn(S(C)(=O)=O)c(Cl)c2Cl)c(Cl)c1.Cc1ccc(NC(=O)c2nn(S(C)(=O)=O)c(Cl)c2Cl)c(Cl)c1.Cc1ccc(NC(=O)c2nn(S(C)(=O)=O)c(Cl)c2Cl)c(F)c1. The lowest BCUT2D eigenvalue weighted by Gasteiger charge is -2.06. The minimum atomic E-state index is -3.82. The van der Waals surface area contributed by atoms with Crippen LogP contribution >= 0.6 is 199 Å². The van der Waals surface area contributed by atoms with Gasteiger partial charge in [-0.1, -0.05) is 187 Å². The normalized spacial score (nSPS) is 11.5. The van der Waals surface area contributed by atoms with E-state index in [1.807, 2.05) is 27.7 Å². The summed E-state index contributed by atoms with van der Waals surface area (Å²) in [5.74, 6) is -5.64. The van der Waals surface area contributed by atoms with Crippen molar-refractivity contribution >= 4 is 328 Å². The van der Waals surface area contributed by atoms with Crippen LogP contribution < -0.4 is 31.9 Å². The topological polar surface area (TPSA) is 486 Å². The van der Waals surface area contributed by atoms with E-state index in [9.17, 15) is 88.1 Å². The molecule has 12 aromatic rings. The zero-order chi connectivity index (χ0) is 99.9. The largest absolute Gasteiger partial charge is 0.319 e. The Morgan fingerprint density at radius 2 is 0.409 bits per heavy atom. The number of nitrogens with one attached hydrogen (secondary N) is 6.